The standard InChI is InChI=1S/C18H22N4.C2H4O2/c1-19-12-13-6-8-14(9-7-13)17-15-4-2-5-16(15)20-18(21-17)22-10-3-11-22;3-1-2-4/h6-9,19H,2-5,10-12H2,1H3;1,4H,2H2. The average molecular weight is 354 g/mol. The molecule has 0 amide bonds. The van der Waals surface area contributed by atoms with Gasteiger partial charge in [-0.3, -0.25) is 0 Å². The number of aldehydes is 1. The molecule has 0 unspecified atom stereocenters. The number of benzene rings is 1. The van der Waals surface area contributed by atoms with Crippen LogP contribution >= 0.6 is 0 Å². The second-order valence-corrected chi connectivity index (χ2v) is 6.57. The van der Waals surface area contributed by atoms with Crippen LogP contribution in [0.2, 0.25) is 0 Å². The molecule has 2 aromatic rings. The zero-order valence-corrected chi connectivity index (χ0v) is 15.2. The van der Waals surface area contributed by atoms with E-state index in [2.05, 4.69) is 34.5 Å². The molecule has 4 rings (SSSR count). The summed E-state index contributed by atoms with van der Waals surface area (Å²) in [7, 11) is 1.98. The normalized spacial score (nSPS) is 14.9. The highest BCUT2D eigenvalue weighted by Crippen LogP contribution is 2.32. The molecule has 1 aromatic heterocycles. The number of nitrogens with one attached hydrogen (secondary N) is 1. The molecule has 6 nitrogen and oxygen atoms in total. The molecule has 6 heteroatoms. The Bertz CT molecular complexity index is 742. The van der Waals surface area contributed by atoms with Crippen LogP contribution in [0.1, 0.15) is 29.7 Å². The summed E-state index contributed by atoms with van der Waals surface area (Å²) in [5, 5.41) is 10.7. The lowest BCUT2D eigenvalue weighted by Gasteiger charge is -2.31. The van der Waals surface area contributed by atoms with Gasteiger partial charge in [-0.25, -0.2) is 9.97 Å². The van der Waals surface area contributed by atoms with E-state index in [0.717, 1.165) is 44.1 Å². The first-order chi connectivity index (χ1) is 12.8. The molecule has 1 aromatic carbocycles. The number of rotatable bonds is 5. The number of aliphatic hydroxyl groups excluding tert-OH is 1. The summed E-state index contributed by atoms with van der Waals surface area (Å²) in [6, 6.07) is 8.79. The van der Waals surface area contributed by atoms with Crippen LogP contribution in [0.25, 0.3) is 11.3 Å². The third kappa shape index (κ3) is 4.08. The van der Waals surface area contributed by atoms with Crippen molar-refractivity contribution in [2.45, 2.75) is 32.2 Å². The van der Waals surface area contributed by atoms with Gasteiger partial charge in [0.2, 0.25) is 5.95 Å². The summed E-state index contributed by atoms with van der Waals surface area (Å²) < 4.78 is 0. The Morgan fingerprint density at radius 1 is 1.15 bits per heavy atom. The maximum Gasteiger partial charge on any atom is 0.226 e. The van der Waals surface area contributed by atoms with Crippen LogP contribution in [0.4, 0.5) is 5.95 Å². The molecule has 0 spiro atoms. The van der Waals surface area contributed by atoms with Crippen LogP contribution in [-0.2, 0) is 24.2 Å². The Kier molecular flexibility index (Phi) is 6.30. The lowest BCUT2D eigenvalue weighted by Crippen LogP contribution is -2.38. The molecule has 1 aliphatic carbocycles. The molecule has 0 atom stereocenters. The summed E-state index contributed by atoms with van der Waals surface area (Å²) in [6.45, 7) is 2.74. The van der Waals surface area contributed by atoms with Crippen LogP contribution < -0.4 is 10.2 Å². The fraction of sp³-hybridized carbons (Fsp3) is 0.450. The van der Waals surface area contributed by atoms with E-state index in [9.17, 15) is 0 Å². The zero-order chi connectivity index (χ0) is 18.4. The van der Waals surface area contributed by atoms with Crippen molar-refractivity contribution < 1.29 is 9.90 Å². The maximum absolute atomic E-state index is 8.92. The van der Waals surface area contributed by atoms with Crippen LogP contribution in [0, 0.1) is 0 Å². The SMILES string of the molecule is CNCc1ccc(-c2nc(N3CCC3)nc3c2CCC3)cc1.O=CCO. The number of hydrogen-bond donors (Lipinski definition) is 2. The molecule has 1 aliphatic heterocycles. The second kappa shape index (κ2) is 8.87. The van der Waals surface area contributed by atoms with Crippen molar-refractivity contribution in [2.75, 3.05) is 31.6 Å². The largest absolute Gasteiger partial charge is 0.389 e. The van der Waals surface area contributed by atoms with Crippen molar-refractivity contribution in [3.8, 4) is 11.3 Å². The minimum atomic E-state index is -0.361. The number of carbonyl (C=O) groups excluding carboxylic acids is 1. The first-order valence-corrected chi connectivity index (χ1v) is 9.20. The molecule has 138 valence electrons. The number of fused-ring (bicyclic) bond motifs is 1. The molecule has 2 N–H and O–H groups in total. The Balaban J connectivity index is 0.000000447. The molecule has 2 heterocycles. The number of nitrogens with zero attached hydrogens (tertiary/aromatic N) is 3. The highest BCUT2D eigenvalue weighted by atomic mass is 16.3. The smallest absolute Gasteiger partial charge is 0.226 e. The van der Waals surface area contributed by atoms with E-state index in [1.807, 2.05) is 7.05 Å². The number of hydrogen-bond acceptors (Lipinski definition) is 6. The van der Waals surface area contributed by atoms with Crippen LogP contribution in [0.5, 0.6) is 0 Å². The maximum atomic E-state index is 8.92. The van der Waals surface area contributed by atoms with Crippen molar-refractivity contribution >= 4 is 12.2 Å². The Labute approximate surface area is 154 Å². The van der Waals surface area contributed by atoms with Gasteiger partial charge in [0.15, 0.2) is 0 Å². The van der Waals surface area contributed by atoms with Gasteiger partial charge in [-0.15, -0.1) is 0 Å². The monoisotopic (exact) mass is 354 g/mol. The second-order valence-electron chi connectivity index (χ2n) is 6.57. The van der Waals surface area contributed by atoms with E-state index in [-0.39, 0.29) is 6.61 Å². The van der Waals surface area contributed by atoms with Gasteiger partial charge >= 0.3 is 0 Å². The highest BCUT2D eigenvalue weighted by Gasteiger charge is 2.24. The van der Waals surface area contributed by atoms with Crippen LogP contribution in [0.3, 0.4) is 0 Å². The summed E-state index contributed by atoms with van der Waals surface area (Å²) in [6.07, 6.45) is 5.11. The van der Waals surface area contributed by atoms with E-state index in [0.29, 0.717) is 6.29 Å². The zero-order valence-electron chi connectivity index (χ0n) is 15.2. The molecule has 0 bridgehead atoms. The topological polar surface area (TPSA) is 78.4 Å². The number of anilines is 1. The van der Waals surface area contributed by atoms with Gasteiger partial charge in [0.25, 0.3) is 0 Å². The number of aliphatic hydroxyl groups is 1. The summed E-state index contributed by atoms with van der Waals surface area (Å²) >= 11 is 0. The van der Waals surface area contributed by atoms with Crippen molar-refractivity contribution in [1.29, 1.82) is 0 Å². The molecule has 1 fully saturated rings. The van der Waals surface area contributed by atoms with Crippen LogP contribution in [-0.4, -0.2) is 48.1 Å². The van der Waals surface area contributed by atoms with Crippen LogP contribution in [0.15, 0.2) is 24.3 Å². The molecular weight excluding hydrogens is 328 g/mol. The number of aromatic nitrogens is 2. The summed E-state index contributed by atoms with van der Waals surface area (Å²) in [5.41, 5.74) is 6.32. The van der Waals surface area contributed by atoms with Crippen molar-refractivity contribution in [1.82, 2.24) is 15.3 Å². The van der Waals surface area contributed by atoms with Gasteiger partial charge in [0.1, 0.15) is 6.29 Å². The summed E-state index contributed by atoms with van der Waals surface area (Å²) in [5.74, 6) is 0.932. The fourth-order valence-corrected chi connectivity index (χ4v) is 3.30. The minimum absolute atomic E-state index is 0.361. The molecule has 0 radical (unpaired) electrons. The lowest BCUT2D eigenvalue weighted by atomic mass is 10.0. The van der Waals surface area contributed by atoms with E-state index < -0.39 is 0 Å². The van der Waals surface area contributed by atoms with Gasteiger partial charge in [0, 0.05) is 36.5 Å². The molecular formula is C20H26N4O2. The summed E-state index contributed by atoms with van der Waals surface area (Å²) in [4.78, 5) is 20.9. The van der Waals surface area contributed by atoms with Gasteiger partial charge in [-0.2, -0.15) is 0 Å². The first-order valence-electron chi connectivity index (χ1n) is 9.20. The molecule has 26 heavy (non-hydrogen) atoms. The molecule has 2 aliphatic rings. The fourth-order valence-electron chi connectivity index (χ4n) is 3.30. The first kappa shape index (κ1) is 18.5. The van der Waals surface area contributed by atoms with Crippen molar-refractivity contribution in [3.05, 3.63) is 41.1 Å². The van der Waals surface area contributed by atoms with E-state index in [1.54, 1.807) is 0 Å². The van der Waals surface area contributed by atoms with Gasteiger partial charge in [-0.1, -0.05) is 24.3 Å². The predicted molar refractivity (Wildman–Crippen MR) is 102 cm³/mol. The van der Waals surface area contributed by atoms with E-state index >= 15 is 0 Å². The highest BCUT2D eigenvalue weighted by molar-refractivity contribution is 5.66. The third-order valence-corrected chi connectivity index (χ3v) is 4.74. The predicted octanol–water partition coefficient (Wildman–Crippen LogP) is 1.74. The van der Waals surface area contributed by atoms with Crippen molar-refractivity contribution in [3.63, 3.8) is 0 Å². The van der Waals surface area contributed by atoms with E-state index in [1.165, 1.54) is 35.2 Å². The lowest BCUT2D eigenvalue weighted by molar-refractivity contribution is -0.110. The number of carbonyl (C=O) groups is 1. The number of aryl methyl sites for hydroxylation is 1. The van der Waals surface area contributed by atoms with Crippen molar-refractivity contribution in [2.24, 2.45) is 0 Å². The Morgan fingerprint density at radius 2 is 1.88 bits per heavy atom. The molecule has 0 saturated carbocycles. The quantitative estimate of drug-likeness (QED) is 0.797. The Hall–Kier alpha value is -2.31. The average Bonchev–Trinajstić information content (AvgIpc) is 3.09. The van der Waals surface area contributed by atoms with Gasteiger partial charge in [-0.05, 0) is 38.3 Å². The van der Waals surface area contributed by atoms with Gasteiger partial charge < -0.3 is 20.1 Å². The minimum Gasteiger partial charge on any atom is -0.389 e. The molecule has 1 saturated heterocycles. The Morgan fingerprint density at radius 3 is 2.46 bits per heavy atom. The third-order valence-electron chi connectivity index (χ3n) is 4.74. The van der Waals surface area contributed by atoms with E-state index in [4.69, 9.17) is 19.9 Å². The van der Waals surface area contributed by atoms with Gasteiger partial charge in [0.05, 0.1) is 12.3 Å².